The van der Waals surface area contributed by atoms with Gasteiger partial charge in [-0.05, 0) is 48.5 Å². The first-order chi connectivity index (χ1) is 12.9. The third-order valence-electron chi connectivity index (χ3n) is 3.48. The molecular weight excluding hydrogens is 456 g/mol. The van der Waals surface area contributed by atoms with E-state index in [0.29, 0.717) is 21.2 Å². The largest absolute Gasteiger partial charge is 0.481 e. The van der Waals surface area contributed by atoms with E-state index in [2.05, 4.69) is 26.6 Å². The van der Waals surface area contributed by atoms with Gasteiger partial charge in [-0.2, -0.15) is 0 Å². The van der Waals surface area contributed by atoms with Crippen LogP contribution in [0, 0.1) is 0 Å². The number of amides is 1. The monoisotopic (exact) mass is 468 g/mol. The molecule has 1 amide bonds. The number of carbonyl (C=O) groups is 2. The Hall–Kier alpha value is -2.16. The summed E-state index contributed by atoms with van der Waals surface area (Å²) in [5.74, 6) is -0.914. The van der Waals surface area contributed by atoms with Gasteiger partial charge in [-0.25, -0.2) is 4.79 Å². The molecule has 27 heavy (non-hydrogen) atoms. The van der Waals surface area contributed by atoms with Crippen LogP contribution in [0.5, 0.6) is 5.75 Å². The molecule has 1 saturated heterocycles. The smallest absolute Gasteiger partial charge is 0.341 e. The Morgan fingerprint density at radius 2 is 2.07 bits per heavy atom. The van der Waals surface area contributed by atoms with Crippen molar-refractivity contribution in [2.75, 3.05) is 11.9 Å². The highest BCUT2D eigenvalue weighted by atomic mass is 79.9. The lowest BCUT2D eigenvalue weighted by atomic mass is 10.2. The molecule has 3 N–H and O–H groups in total. The third kappa shape index (κ3) is 5.41. The number of benzene rings is 2. The van der Waals surface area contributed by atoms with Gasteiger partial charge in [-0.3, -0.25) is 4.79 Å². The molecule has 2 aromatic rings. The van der Waals surface area contributed by atoms with E-state index in [1.807, 2.05) is 12.1 Å². The molecule has 0 bridgehead atoms. The maximum absolute atomic E-state index is 12.3. The number of aliphatic carboxylic acids is 1. The van der Waals surface area contributed by atoms with Crippen molar-refractivity contribution in [2.45, 2.75) is 5.50 Å². The van der Waals surface area contributed by atoms with Crippen LogP contribution in [0.1, 0.15) is 5.56 Å². The molecule has 1 unspecified atom stereocenters. The highest BCUT2D eigenvalue weighted by Crippen LogP contribution is 2.33. The lowest BCUT2D eigenvalue weighted by molar-refractivity contribution is -0.139. The van der Waals surface area contributed by atoms with Crippen LogP contribution in [0.2, 0.25) is 5.02 Å². The second-order valence-electron chi connectivity index (χ2n) is 5.50. The summed E-state index contributed by atoms with van der Waals surface area (Å²) in [4.78, 5) is 23.5. The van der Waals surface area contributed by atoms with Gasteiger partial charge in [0.15, 0.2) is 12.1 Å². The Kier molecular flexibility index (Phi) is 6.30. The summed E-state index contributed by atoms with van der Waals surface area (Å²) >= 11 is 10.6. The lowest BCUT2D eigenvalue weighted by Crippen LogP contribution is -2.30. The normalized spacial score (nSPS) is 17.6. The average Bonchev–Trinajstić information content (AvgIpc) is 2.95. The van der Waals surface area contributed by atoms with Gasteiger partial charge in [-0.15, -0.1) is 0 Å². The second kappa shape index (κ2) is 8.69. The van der Waals surface area contributed by atoms with Crippen LogP contribution in [0.4, 0.5) is 5.69 Å². The van der Waals surface area contributed by atoms with Crippen LogP contribution in [-0.2, 0) is 9.59 Å². The topological polar surface area (TPSA) is 87.7 Å². The van der Waals surface area contributed by atoms with Gasteiger partial charge in [0.05, 0.1) is 4.91 Å². The van der Waals surface area contributed by atoms with Crippen LogP contribution in [0.3, 0.4) is 0 Å². The number of halogens is 2. The maximum Gasteiger partial charge on any atom is 0.341 e. The minimum atomic E-state index is -1.07. The van der Waals surface area contributed by atoms with E-state index >= 15 is 0 Å². The van der Waals surface area contributed by atoms with Crippen molar-refractivity contribution in [3.63, 3.8) is 0 Å². The Balaban J connectivity index is 1.76. The summed E-state index contributed by atoms with van der Waals surface area (Å²) in [6.45, 7) is -0.460. The highest BCUT2D eigenvalue weighted by molar-refractivity contribution is 9.10. The average molecular weight is 470 g/mol. The van der Waals surface area contributed by atoms with Crippen molar-refractivity contribution in [1.82, 2.24) is 5.32 Å². The minimum absolute atomic E-state index is 0.226. The van der Waals surface area contributed by atoms with Gasteiger partial charge in [0.1, 0.15) is 5.75 Å². The Morgan fingerprint density at radius 3 is 2.78 bits per heavy atom. The van der Waals surface area contributed by atoms with Gasteiger partial charge in [0.25, 0.3) is 5.91 Å². The number of anilines is 1. The molecule has 1 atom stereocenters. The summed E-state index contributed by atoms with van der Waals surface area (Å²) < 4.78 is 6.09. The van der Waals surface area contributed by atoms with Crippen molar-refractivity contribution in [3.05, 3.63) is 62.4 Å². The first-order valence-corrected chi connectivity index (χ1v) is 9.81. The third-order valence-corrected chi connectivity index (χ3v) is 5.26. The molecule has 1 fully saturated rings. The van der Waals surface area contributed by atoms with Gasteiger partial charge in [0, 0.05) is 20.7 Å². The summed E-state index contributed by atoms with van der Waals surface area (Å²) in [5.41, 5.74) is 1.10. The fourth-order valence-corrected chi connectivity index (χ4v) is 3.79. The number of carbonyl (C=O) groups excluding carboxylic acids is 1. The zero-order valence-electron chi connectivity index (χ0n) is 13.7. The van der Waals surface area contributed by atoms with Crippen molar-refractivity contribution in [1.29, 1.82) is 0 Å². The Bertz CT molecular complexity index is 905. The van der Waals surface area contributed by atoms with Gasteiger partial charge >= 0.3 is 5.97 Å². The van der Waals surface area contributed by atoms with Crippen LogP contribution in [-0.4, -0.2) is 29.1 Å². The molecular formula is C18H14BrClN2O4S. The van der Waals surface area contributed by atoms with Crippen LogP contribution in [0.25, 0.3) is 6.08 Å². The van der Waals surface area contributed by atoms with Crippen molar-refractivity contribution < 1.29 is 19.4 Å². The summed E-state index contributed by atoms with van der Waals surface area (Å²) in [7, 11) is 0. The van der Waals surface area contributed by atoms with Crippen LogP contribution < -0.4 is 15.4 Å². The van der Waals surface area contributed by atoms with E-state index in [4.69, 9.17) is 21.4 Å². The first kappa shape index (κ1) is 19.6. The van der Waals surface area contributed by atoms with E-state index in [1.54, 1.807) is 36.4 Å². The predicted octanol–water partition coefficient (Wildman–Crippen LogP) is 4.17. The molecule has 2 aromatic carbocycles. The molecule has 0 aliphatic carbocycles. The second-order valence-corrected chi connectivity index (χ2v) is 7.99. The number of carboxylic acids is 1. The van der Waals surface area contributed by atoms with Crippen molar-refractivity contribution >= 4 is 62.9 Å². The van der Waals surface area contributed by atoms with Gasteiger partial charge in [0.2, 0.25) is 0 Å². The molecule has 140 valence electrons. The molecule has 1 aliphatic rings. The number of thioether (sulfide) groups is 1. The number of hydrogen-bond donors (Lipinski definition) is 3. The zero-order chi connectivity index (χ0) is 19.4. The number of carboxylic acid groups (broad SMARTS) is 1. The van der Waals surface area contributed by atoms with E-state index in [-0.39, 0.29) is 11.4 Å². The highest BCUT2D eigenvalue weighted by Gasteiger charge is 2.27. The maximum atomic E-state index is 12.3. The fourth-order valence-electron chi connectivity index (χ4n) is 2.31. The van der Waals surface area contributed by atoms with E-state index in [1.165, 1.54) is 11.8 Å². The van der Waals surface area contributed by atoms with E-state index in [0.717, 1.165) is 10.2 Å². The van der Waals surface area contributed by atoms with Crippen LogP contribution >= 0.6 is 39.3 Å². The molecule has 0 saturated carbocycles. The standard InChI is InChI=1S/C18H14BrClN2O4S/c19-11-1-6-14(26-9-16(23)24)10(7-11)8-15-17(25)22-18(27-15)21-13-4-2-12(20)3-5-13/h1-8,18,21H,9H2,(H,22,25)(H,23,24). The van der Waals surface area contributed by atoms with E-state index in [9.17, 15) is 9.59 Å². The summed E-state index contributed by atoms with van der Waals surface area (Å²) in [6.07, 6.45) is 1.67. The number of ether oxygens (including phenoxy) is 1. The molecule has 6 nitrogen and oxygen atoms in total. The number of hydrogen-bond acceptors (Lipinski definition) is 5. The number of nitrogens with one attached hydrogen (secondary N) is 2. The molecule has 0 radical (unpaired) electrons. The van der Waals surface area contributed by atoms with Crippen molar-refractivity contribution in [2.24, 2.45) is 0 Å². The molecule has 9 heteroatoms. The molecule has 3 rings (SSSR count). The van der Waals surface area contributed by atoms with Crippen molar-refractivity contribution in [3.8, 4) is 5.75 Å². The summed E-state index contributed by atoms with van der Waals surface area (Å²) in [5, 5.41) is 15.5. The Labute approximate surface area is 173 Å². The van der Waals surface area contributed by atoms with Crippen LogP contribution in [0.15, 0.2) is 51.8 Å². The fraction of sp³-hybridized carbons (Fsp3) is 0.111. The zero-order valence-corrected chi connectivity index (χ0v) is 16.9. The van der Waals surface area contributed by atoms with Gasteiger partial charge < -0.3 is 20.5 Å². The molecule has 1 aliphatic heterocycles. The molecule has 0 aromatic heterocycles. The predicted molar refractivity (Wildman–Crippen MR) is 110 cm³/mol. The lowest BCUT2D eigenvalue weighted by Gasteiger charge is -2.12. The van der Waals surface area contributed by atoms with E-state index < -0.39 is 12.6 Å². The van der Waals surface area contributed by atoms with Gasteiger partial charge in [-0.1, -0.05) is 39.3 Å². The summed E-state index contributed by atoms with van der Waals surface area (Å²) in [6, 6.07) is 12.3. The molecule has 0 spiro atoms. The Morgan fingerprint density at radius 1 is 1.33 bits per heavy atom. The molecule has 1 heterocycles. The minimum Gasteiger partial charge on any atom is -0.481 e. The first-order valence-electron chi connectivity index (χ1n) is 7.76. The quantitative estimate of drug-likeness (QED) is 0.551. The number of rotatable bonds is 6. The SMILES string of the molecule is O=C(O)COc1ccc(Br)cc1C=C1SC(Nc2ccc(Cl)cc2)NC1=O.